The number of aliphatic hydroxyl groups is 2. The van der Waals surface area contributed by atoms with E-state index >= 15 is 0 Å². The number of benzene rings is 3. The van der Waals surface area contributed by atoms with Crippen LogP contribution in [0.3, 0.4) is 0 Å². The molecule has 5 atom stereocenters. The third-order valence-corrected chi connectivity index (χ3v) is 8.03. The van der Waals surface area contributed by atoms with Crippen LogP contribution in [0.5, 0.6) is 11.5 Å². The van der Waals surface area contributed by atoms with Gasteiger partial charge in [0.2, 0.25) is 0 Å². The van der Waals surface area contributed by atoms with Crippen molar-refractivity contribution in [2.24, 2.45) is 0 Å². The first-order valence-corrected chi connectivity index (χ1v) is 13.9. The van der Waals surface area contributed by atoms with E-state index in [0.29, 0.717) is 22.9 Å². The summed E-state index contributed by atoms with van der Waals surface area (Å²) in [6, 6.07) is 24.9. The summed E-state index contributed by atoms with van der Waals surface area (Å²) in [5, 5.41) is 22.1. The molecule has 3 aliphatic rings. The van der Waals surface area contributed by atoms with Gasteiger partial charge in [0.15, 0.2) is 6.23 Å². The van der Waals surface area contributed by atoms with Crippen molar-refractivity contribution in [3.05, 3.63) is 124 Å². The number of hydrogen-bond acceptors (Lipinski definition) is 8. The zero-order chi connectivity index (χ0) is 30.1. The third-order valence-electron chi connectivity index (χ3n) is 8.03. The first kappa shape index (κ1) is 28.6. The number of aromatic amines is 1. The minimum atomic E-state index is -1.38. The SMILES string of the molecule is COc1ccc(C(OC[C@H]2O[C@@H](n3cc4ccnc-4[nH]c3=O)[C@H](O)[C@@H]2O)(c2ccccc2)c2ccc(OC)cc2C)cc1. The summed E-state index contributed by atoms with van der Waals surface area (Å²) >= 11 is 0. The van der Waals surface area contributed by atoms with E-state index in [1.165, 1.54) is 4.57 Å². The average molecular weight is 584 g/mol. The Labute approximate surface area is 248 Å². The molecular formula is C33H33N3O7. The summed E-state index contributed by atoms with van der Waals surface area (Å²) in [6.07, 6.45) is -1.67. The van der Waals surface area contributed by atoms with Gasteiger partial charge in [-0.15, -0.1) is 0 Å². The predicted molar refractivity (Wildman–Crippen MR) is 158 cm³/mol. The van der Waals surface area contributed by atoms with Crippen LogP contribution in [-0.2, 0) is 15.1 Å². The van der Waals surface area contributed by atoms with Crippen molar-refractivity contribution in [2.45, 2.75) is 37.1 Å². The number of fused-ring (bicyclic) bond motifs is 1. The second-order valence-electron chi connectivity index (χ2n) is 10.5. The predicted octanol–water partition coefficient (Wildman–Crippen LogP) is 3.63. The number of aromatic nitrogens is 3. The molecule has 1 fully saturated rings. The van der Waals surface area contributed by atoms with Gasteiger partial charge in [0, 0.05) is 18.0 Å². The molecule has 0 aromatic heterocycles. The second kappa shape index (κ2) is 11.7. The van der Waals surface area contributed by atoms with Crippen LogP contribution in [-0.4, -0.2) is 63.9 Å². The number of hydrogen-bond donors (Lipinski definition) is 3. The quantitative estimate of drug-likeness (QED) is 0.225. The minimum absolute atomic E-state index is 0.111. The Kier molecular flexibility index (Phi) is 7.76. The summed E-state index contributed by atoms with van der Waals surface area (Å²) in [5.74, 6) is 1.82. The van der Waals surface area contributed by atoms with E-state index in [2.05, 4.69) is 9.97 Å². The lowest BCUT2D eigenvalue weighted by Crippen LogP contribution is -2.40. The van der Waals surface area contributed by atoms with Gasteiger partial charge in [0.25, 0.3) is 0 Å². The van der Waals surface area contributed by atoms with Crippen molar-refractivity contribution in [3.8, 4) is 22.9 Å². The highest BCUT2D eigenvalue weighted by atomic mass is 16.6. The van der Waals surface area contributed by atoms with Gasteiger partial charge in [-0.25, -0.2) is 9.78 Å². The molecule has 0 amide bonds. The Morgan fingerprint density at radius 3 is 2.33 bits per heavy atom. The lowest BCUT2D eigenvalue weighted by molar-refractivity contribution is -0.0959. The van der Waals surface area contributed by atoms with Crippen LogP contribution in [0.25, 0.3) is 11.4 Å². The molecule has 1 unspecified atom stereocenters. The van der Waals surface area contributed by atoms with Gasteiger partial charge >= 0.3 is 5.69 Å². The van der Waals surface area contributed by atoms with Crippen molar-refractivity contribution in [2.75, 3.05) is 20.8 Å². The van der Waals surface area contributed by atoms with Crippen LogP contribution >= 0.6 is 0 Å². The summed E-state index contributed by atoms with van der Waals surface area (Å²) in [6.45, 7) is 1.88. The molecule has 0 radical (unpaired) electrons. The van der Waals surface area contributed by atoms with Crippen LogP contribution in [0.1, 0.15) is 28.5 Å². The Morgan fingerprint density at radius 2 is 1.63 bits per heavy atom. The monoisotopic (exact) mass is 583 g/mol. The highest BCUT2D eigenvalue weighted by Gasteiger charge is 2.47. The standard InChI is InChI=1S/C33H33N3O7/c1-20-17-25(41-3)13-14-26(20)33(22-7-5-4-6-8-22,23-9-11-24(40-2)12-10-23)42-19-27-28(37)29(38)31(43-27)36-18-21-15-16-34-30(21)35-32(36)39/h4-18,27-29,31,37-38H,19H2,1-3H3,(H,34,35,39)/t27-,28-,29-,31-,33?/m1/s1. The molecule has 222 valence electrons. The van der Waals surface area contributed by atoms with Crippen LogP contribution < -0.4 is 15.2 Å². The van der Waals surface area contributed by atoms with Gasteiger partial charge in [-0.2, -0.15) is 0 Å². The molecule has 10 nitrogen and oxygen atoms in total. The van der Waals surface area contributed by atoms with Crippen LogP contribution in [0, 0.1) is 6.92 Å². The lowest BCUT2D eigenvalue weighted by Gasteiger charge is -2.38. The van der Waals surface area contributed by atoms with Crippen LogP contribution in [0.2, 0.25) is 0 Å². The number of H-pyrrole nitrogens is 1. The van der Waals surface area contributed by atoms with Crippen molar-refractivity contribution in [3.63, 3.8) is 0 Å². The van der Waals surface area contributed by atoms with E-state index in [-0.39, 0.29) is 6.61 Å². The fourth-order valence-corrected chi connectivity index (χ4v) is 5.80. The second-order valence-corrected chi connectivity index (χ2v) is 10.5. The van der Waals surface area contributed by atoms with E-state index in [4.69, 9.17) is 18.9 Å². The van der Waals surface area contributed by atoms with E-state index < -0.39 is 35.8 Å². The van der Waals surface area contributed by atoms with Gasteiger partial charge in [-0.3, -0.25) is 9.55 Å². The smallest absolute Gasteiger partial charge is 0.329 e. The van der Waals surface area contributed by atoms with Crippen molar-refractivity contribution in [1.29, 1.82) is 0 Å². The van der Waals surface area contributed by atoms with Gasteiger partial charge in [0.05, 0.1) is 20.8 Å². The fraction of sp³-hybridized carbons (Fsp3) is 0.273. The summed E-state index contributed by atoms with van der Waals surface area (Å²) in [7, 11) is 3.23. The van der Waals surface area contributed by atoms with E-state index in [1.807, 2.05) is 79.7 Å². The minimum Gasteiger partial charge on any atom is -0.497 e. The first-order valence-electron chi connectivity index (χ1n) is 13.9. The van der Waals surface area contributed by atoms with Crippen molar-refractivity contribution >= 4 is 0 Å². The summed E-state index contributed by atoms with van der Waals surface area (Å²) in [4.78, 5) is 19.6. The molecule has 6 rings (SSSR count). The van der Waals surface area contributed by atoms with Crippen molar-refractivity contribution in [1.82, 2.24) is 14.5 Å². The molecule has 0 spiro atoms. The zero-order valence-electron chi connectivity index (χ0n) is 24.0. The third kappa shape index (κ3) is 5.08. The van der Waals surface area contributed by atoms with Gasteiger partial charge in [-0.05, 0) is 59.5 Å². The van der Waals surface area contributed by atoms with E-state index in [0.717, 1.165) is 22.3 Å². The van der Waals surface area contributed by atoms with Crippen LogP contribution in [0.15, 0.2) is 96.1 Å². The molecule has 10 heteroatoms. The number of rotatable bonds is 9. The number of methoxy groups -OCH3 is 2. The number of ether oxygens (including phenoxy) is 4. The largest absolute Gasteiger partial charge is 0.497 e. The maximum absolute atomic E-state index is 12.8. The highest BCUT2D eigenvalue weighted by Crippen LogP contribution is 2.44. The molecule has 3 N–H and O–H groups in total. The molecule has 43 heavy (non-hydrogen) atoms. The van der Waals surface area contributed by atoms with Crippen LogP contribution in [0.4, 0.5) is 0 Å². The average Bonchev–Trinajstić information content (AvgIpc) is 3.61. The molecule has 0 saturated carbocycles. The molecule has 3 heterocycles. The van der Waals surface area contributed by atoms with Gasteiger partial charge in [-0.1, -0.05) is 48.5 Å². The lowest BCUT2D eigenvalue weighted by atomic mass is 9.78. The molecule has 1 saturated heterocycles. The molecular weight excluding hydrogens is 550 g/mol. The Bertz CT molecular complexity index is 1720. The number of aliphatic hydroxyl groups excluding tert-OH is 2. The molecule has 0 aliphatic carbocycles. The Hall–Kier alpha value is -4.48. The van der Waals surface area contributed by atoms with E-state index in [9.17, 15) is 15.0 Å². The highest BCUT2D eigenvalue weighted by molar-refractivity contribution is 5.55. The molecule has 3 aromatic carbocycles. The first-order chi connectivity index (χ1) is 20.8. The summed E-state index contributed by atoms with van der Waals surface area (Å²) in [5.41, 5.74) is 2.44. The normalized spacial score (nSPS) is 21.5. The van der Waals surface area contributed by atoms with Gasteiger partial charge < -0.3 is 29.2 Å². The Morgan fingerprint density at radius 1 is 0.930 bits per heavy atom. The Balaban J connectivity index is 1.41. The number of nitrogens with one attached hydrogen (secondary N) is 1. The van der Waals surface area contributed by atoms with E-state index in [1.54, 1.807) is 32.7 Å². The van der Waals surface area contributed by atoms with Crippen molar-refractivity contribution < 1.29 is 29.2 Å². The molecule has 0 bridgehead atoms. The zero-order valence-corrected chi connectivity index (χ0v) is 24.0. The number of aryl methyl sites for hydroxylation is 1. The molecule has 3 aromatic rings. The summed E-state index contributed by atoms with van der Waals surface area (Å²) < 4.78 is 25.2. The van der Waals surface area contributed by atoms with Gasteiger partial charge in [0.1, 0.15) is 41.2 Å². The topological polar surface area (TPSA) is 128 Å². The number of nitrogens with zero attached hydrogens (tertiary/aromatic N) is 2. The maximum atomic E-state index is 12.8. The molecule has 3 aliphatic heterocycles. The fourth-order valence-electron chi connectivity index (χ4n) is 5.80. The maximum Gasteiger partial charge on any atom is 0.329 e.